The Labute approximate surface area is 224 Å². The zero-order valence-electron chi connectivity index (χ0n) is 21.3. The minimum Gasteiger partial charge on any atom is -0.448 e. The van der Waals surface area contributed by atoms with Crippen molar-refractivity contribution in [2.24, 2.45) is 0 Å². The van der Waals surface area contributed by atoms with Gasteiger partial charge in [-0.25, -0.2) is 9.18 Å². The Kier molecular flexibility index (Phi) is 6.41. The number of carbonyl (C=O) groups excluding carboxylic acids is 1. The van der Waals surface area contributed by atoms with Crippen LogP contribution in [0.25, 0.3) is 11.1 Å². The molecule has 2 atom stereocenters. The quantitative estimate of drug-likeness (QED) is 0.361. The van der Waals surface area contributed by atoms with E-state index in [0.717, 1.165) is 40.8 Å². The van der Waals surface area contributed by atoms with Crippen molar-refractivity contribution in [1.82, 2.24) is 4.90 Å². The molecule has 2 fully saturated rings. The van der Waals surface area contributed by atoms with E-state index in [1.807, 2.05) is 24.3 Å². The largest absolute Gasteiger partial charge is 0.448 e. The Morgan fingerprint density at radius 2 is 1.54 bits per heavy atom. The molecule has 2 unspecified atom stereocenters. The number of halogens is 4. The molecule has 0 radical (unpaired) electrons. The van der Waals surface area contributed by atoms with Gasteiger partial charge in [-0.2, -0.15) is 13.2 Å². The molecule has 1 N–H and O–H groups in total. The van der Waals surface area contributed by atoms with E-state index in [-0.39, 0.29) is 49.4 Å². The first-order valence-electron chi connectivity index (χ1n) is 13.3. The van der Waals surface area contributed by atoms with Gasteiger partial charge in [-0.1, -0.05) is 48.5 Å². The summed E-state index contributed by atoms with van der Waals surface area (Å²) in [4.78, 5) is 15.1. The standard InChI is InChI=1S/C31H29F4NO3/c32-21-13-19(12-20(14-21)31(33,34)35)15-30(38)16-22-6-5-7-23(17-30)36(22)29(37)39-18-28-26-10-3-1-8-24(26)25-9-2-4-11-27(25)28/h1-4,8-14,22-23,28,38H,5-7,15-18H2. The van der Waals surface area contributed by atoms with Gasteiger partial charge < -0.3 is 14.7 Å². The predicted molar refractivity (Wildman–Crippen MR) is 138 cm³/mol. The summed E-state index contributed by atoms with van der Waals surface area (Å²) in [6.07, 6.45) is -2.60. The first kappa shape index (κ1) is 25.9. The molecule has 3 aromatic rings. The molecule has 1 aliphatic carbocycles. The van der Waals surface area contributed by atoms with E-state index < -0.39 is 29.3 Å². The second-order valence-electron chi connectivity index (χ2n) is 11.1. The van der Waals surface area contributed by atoms with Crippen molar-refractivity contribution in [1.29, 1.82) is 0 Å². The minimum absolute atomic E-state index is 0.0706. The van der Waals surface area contributed by atoms with Crippen LogP contribution in [-0.4, -0.2) is 40.4 Å². The van der Waals surface area contributed by atoms with Gasteiger partial charge in [0.1, 0.15) is 12.4 Å². The maximum atomic E-state index is 14.0. The van der Waals surface area contributed by atoms with E-state index in [1.54, 1.807) is 4.90 Å². The van der Waals surface area contributed by atoms with Gasteiger partial charge in [0.25, 0.3) is 0 Å². The lowest BCUT2D eigenvalue weighted by molar-refractivity contribution is -0.138. The third kappa shape index (κ3) is 4.91. The topological polar surface area (TPSA) is 49.8 Å². The molecule has 2 bridgehead atoms. The lowest BCUT2D eigenvalue weighted by Crippen LogP contribution is -2.60. The summed E-state index contributed by atoms with van der Waals surface area (Å²) in [6, 6.07) is 18.0. The number of fused-ring (bicyclic) bond motifs is 5. The summed E-state index contributed by atoms with van der Waals surface area (Å²) in [6.45, 7) is 0.191. The van der Waals surface area contributed by atoms with Gasteiger partial charge in [0.15, 0.2) is 0 Å². The maximum absolute atomic E-state index is 14.0. The summed E-state index contributed by atoms with van der Waals surface area (Å²) in [5.74, 6) is -1.06. The van der Waals surface area contributed by atoms with Crippen molar-refractivity contribution in [3.8, 4) is 11.1 Å². The summed E-state index contributed by atoms with van der Waals surface area (Å²) in [7, 11) is 0. The third-order valence-electron chi connectivity index (χ3n) is 8.46. The van der Waals surface area contributed by atoms with Crippen LogP contribution >= 0.6 is 0 Å². The Balaban J connectivity index is 1.17. The Morgan fingerprint density at radius 1 is 0.949 bits per heavy atom. The number of piperidine rings is 2. The van der Waals surface area contributed by atoms with Crippen molar-refractivity contribution in [3.05, 3.63) is 94.8 Å². The van der Waals surface area contributed by atoms with Gasteiger partial charge in [-0.3, -0.25) is 0 Å². The normalized spacial score (nSPS) is 24.3. The lowest BCUT2D eigenvalue weighted by Gasteiger charge is -2.51. The third-order valence-corrected chi connectivity index (χ3v) is 8.46. The number of amides is 1. The second-order valence-corrected chi connectivity index (χ2v) is 11.1. The molecular weight excluding hydrogens is 510 g/mol. The molecule has 39 heavy (non-hydrogen) atoms. The van der Waals surface area contributed by atoms with Crippen LogP contribution in [0.3, 0.4) is 0 Å². The number of ether oxygens (including phenoxy) is 1. The molecule has 0 spiro atoms. The molecule has 1 amide bonds. The average Bonchev–Trinajstić information content (AvgIpc) is 3.19. The van der Waals surface area contributed by atoms with Gasteiger partial charge in [0.05, 0.1) is 11.2 Å². The van der Waals surface area contributed by atoms with E-state index in [1.165, 1.54) is 0 Å². The van der Waals surface area contributed by atoms with Crippen molar-refractivity contribution < 1.29 is 32.2 Å². The van der Waals surface area contributed by atoms with Crippen LogP contribution in [0, 0.1) is 5.82 Å². The van der Waals surface area contributed by atoms with Gasteiger partial charge in [0, 0.05) is 24.4 Å². The number of aliphatic hydroxyl groups is 1. The first-order chi connectivity index (χ1) is 18.6. The molecule has 4 nitrogen and oxygen atoms in total. The van der Waals surface area contributed by atoms with E-state index in [0.29, 0.717) is 18.9 Å². The predicted octanol–water partition coefficient (Wildman–Crippen LogP) is 7.08. The molecule has 2 aliphatic heterocycles. The number of benzene rings is 3. The molecular formula is C31H29F4NO3. The van der Waals surface area contributed by atoms with E-state index in [9.17, 15) is 27.5 Å². The summed E-state index contributed by atoms with van der Waals surface area (Å²) in [5.41, 5.74) is 2.20. The van der Waals surface area contributed by atoms with Crippen molar-refractivity contribution in [3.63, 3.8) is 0 Å². The van der Waals surface area contributed by atoms with Gasteiger partial charge in [-0.05, 0) is 78.1 Å². The van der Waals surface area contributed by atoms with Gasteiger partial charge in [0.2, 0.25) is 0 Å². The van der Waals surface area contributed by atoms with Crippen molar-refractivity contribution in [2.75, 3.05) is 6.61 Å². The Hall–Kier alpha value is -3.39. The monoisotopic (exact) mass is 539 g/mol. The summed E-state index contributed by atoms with van der Waals surface area (Å²) < 4.78 is 59.5. The van der Waals surface area contributed by atoms with Crippen LogP contribution in [0.1, 0.15) is 60.3 Å². The molecule has 2 saturated heterocycles. The molecule has 3 aromatic carbocycles. The van der Waals surface area contributed by atoms with Crippen LogP contribution < -0.4 is 0 Å². The highest BCUT2D eigenvalue weighted by Crippen LogP contribution is 2.45. The van der Waals surface area contributed by atoms with Crippen LogP contribution in [0.5, 0.6) is 0 Å². The molecule has 204 valence electrons. The van der Waals surface area contributed by atoms with Crippen LogP contribution in [-0.2, 0) is 17.3 Å². The number of nitrogens with zero attached hydrogens (tertiary/aromatic N) is 1. The number of hydrogen-bond donors (Lipinski definition) is 1. The minimum atomic E-state index is -4.68. The molecule has 2 heterocycles. The van der Waals surface area contributed by atoms with E-state index in [4.69, 9.17) is 4.74 Å². The number of hydrogen-bond acceptors (Lipinski definition) is 3. The van der Waals surface area contributed by atoms with E-state index >= 15 is 0 Å². The van der Waals surface area contributed by atoms with Crippen molar-refractivity contribution >= 4 is 6.09 Å². The SMILES string of the molecule is O=C(OCC1c2ccccc2-c2ccccc21)N1C2CCCC1CC(O)(Cc1cc(F)cc(C(F)(F)F)c1)C2. The number of alkyl halides is 3. The fourth-order valence-electron chi connectivity index (χ4n) is 6.93. The zero-order valence-corrected chi connectivity index (χ0v) is 21.3. The highest BCUT2D eigenvalue weighted by molar-refractivity contribution is 5.79. The maximum Gasteiger partial charge on any atom is 0.416 e. The molecule has 0 aromatic heterocycles. The highest BCUT2D eigenvalue weighted by atomic mass is 19.4. The summed E-state index contributed by atoms with van der Waals surface area (Å²) >= 11 is 0. The van der Waals surface area contributed by atoms with Gasteiger partial charge >= 0.3 is 12.3 Å². The second kappa shape index (κ2) is 9.66. The van der Waals surface area contributed by atoms with E-state index in [2.05, 4.69) is 24.3 Å². The molecule has 3 aliphatic rings. The van der Waals surface area contributed by atoms with Crippen LogP contribution in [0.4, 0.5) is 22.4 Å². The highest BCUT2D eigenvalue weighted by Gasteiger charge is 2.48. The smallest absolute Gasteiger partial charge is 0.416 e. The van der Waals surface area contributed by atoms with Gasteiger partial charge in [-0.15, -0.1) is 0 Å². The number of rotatable bonds is 4. The summed E-state index contributed by atoms with van der Waals surface area (Å²) in [5, 5.41) is 11.5. The van der Waals surface area contributed by atoms with Crippen LogP contribution in [0.2, 0.25) is 0 Å². The van der Waals surface area contributed by atoms with Crippen LogP contribution in [0.15, 0.2) is 66.7 Å². The molecule has 0 saturated carbocycles. The zero-order chi connectivity index (χ0) is 27.4. The Morgan fingerprint density at radius 3 is 2.13 bits per heavy atom. The first-order valence-corrected chi connectivity index (χ1v) is 13.3. The average molecular weight is 540 g/mol. The molecule has 6 rings (SSSR count). The number of carbonyl (C=O) groups is 1. The van der Waals surface area contributed by atoms with Crippen molar-refractivity contribution in [2.45, 2.75) is 68.3 Å². The molecule has 8 heteroatoms. The lowest BCUT2D eigenvalue weighted by atomic mass is 9.73. The Bertz CT molecular complexity index is 1350. The fraction of sp³-hybridized carbons (Fsp3) is 0.387. The fourth-order valence-corrected chi connectivity index (χ4v) is 6.93.